The van der Waals surface area contributed by atoms with E-state index in [1.165, 1.54) is 22.5 Å². The molecule has 21 heavy (non-hydrogen) atoms. The third kappa shape index (κ3) is 3.14. The third-order valence-electron chi connectivity index (χ3n) is 3.51. The Morgan fingerprint density at radius 1 is 1.24 bits per heavy atom. The SMILES string of the molecule is CN1CCCN(S(=O)(=O)c2cccc(N)c2[N+](=O)[O-])CC1. The van der Waals surface area contributed by atoms with Crippen molar-refractivity contribution in [1.29, 1.82) is 0 Å². The Balaban J connectivity index is 2.45. The van der Waals surface area contributed by atoms with Crippen molar-refractivity contribution in [2.24, 2.45) is 0 Å². The lowest BCUT2D eigenvalue weighted by molar-refractivity contribution is -0.386. The summed E-state index contributed by atoms with van der Waals surface area (Å²) in [6.45, 7) is 2.05. The quantitative estimate of drug-likeness (QED) is 0.494. The van der Waals surface area contributed by atoms with Gasteiger partial charge in [-0.05, 0) is 32.1 Å². The highest BCUT2D eigenvalue weighted by atomic mass is 32.2. The lowest BCUT2D eigenvalue weighted by Crippen LogP contribution is -2.34. The molecule has 1 fully saturated rings. The van der Waals surface area contributed by atoms with E-state index in [9.17, 15) is 18.5 Å². The zero-order valence-electron chi connectivity index (χ0n) is 11.7. The van der Waals surface area contributed by atoms with Crippen LogP contribution in [0.4, 0.5) is 11.4 Å². The number of likely N-dealkylation sites (N-methyl/N-ethyl adjacent to an activating group) is 1. The minimum Gasteiger partial charge on any atom is -0.393 e. The molecule has 0 atom stereocenters. The van der Waals surface area contributed by atoms with Crippen molar-refractivity contribution >= 4 is 21.4 Å². The van der Waals surface area contributed by atoms with E-state index >= 15 is 0 Å². The van der Waals surface area contributed by atoms with Gasteiger partial charge in [-0.1, -0.05) is 6.07 Å². The summed E-state index contributed by atoms with van der Waals surface area (Å²) in [4.78, 5) is 12.1. The molecule has 116 valence electrons. The molecule has 2 N–H and O–H groups in total. The maximum atomic E-state index is 12.7. The third-order valence-corrected chi connectivity index (χ3v) is 5.44. The van der Waals surface area contributed by atoms with Gasteiger partial charge in [-0.3, -0.25) is 10.1 Å². The Hall–Kier alpha value is -1.71. The number of nitrogen functional groups attached to an aromatic ring is 1. The van der Waals surface area contributed by atoms with Crippen LogP contribution in [0.25, 0.3) is 0 Å². The summed E-state index contributed by atoms with van der Waals surface area (Å²) in [6, 6.07) is 3.98. The summed E-state index contributed by atoms with van der Waals surface area (Å²) in [6.07, 6.45) is 0.686. The number of anilines is 1. The average molecular weight is 314 g/mol. The maximum absolute atomic E-state index is 12.7. The number of hydrogen-bond donors (Lipinski definition) is 1. The first-order chi connectivity index (χ1) is 9.84. The number of benzene rings is 1. The van der Waals surface area contributed by atoms with Crippen molar-refractivity contribution in [2.45, 2.75) is 11.3 Å². The number of hydrogen-bond acceptors (Lipinski definition) is 6. The Labute approximate surface area is 123 Å². The van der Waals surface area contributed by atoms with Gasteiger partial charge in [0.1, 0.15) is 5.69 Å². The minimum absolute atomic E-state index is 0.145. The van der Waals surface area contributed by atoms with Gasteiger partial charge in [-0.25, -0.2) is 8.42 Å². The molecule has 0 aliphatic carbocycles. The van der Waals surface area contributed by atoms with Gasteiger partial charge >= 0.3 is 5.69 Å². The minimum atomic E-state index is -3.92. The van der Waals surface area contributed by atoms with Gasteiger partial charge in [0.2, 0.25) is 10.0 Å². The Morgan fingerprint density at radius 3 is 2.62 bits per heavy atom. The van der Waals surface area contributed by atoms with Gasteiger partial charge in [0.05, 0.1) is 4.92 Å². The van der Waals surface area contributed by atoms with E-state index in [-0.39, 0.29) is 10.6 Å². The van der Waals surface area contributed by atoms with Crippen LogP contribution in [0.15, 0.2) is 23.1 Å². The summed E-state index contributed by atoms with van der Waals surface area (Å²) >= 11 is 0. The molecule has 0 unspecified atom stereocenters. The molecule has 9 heteroatoms. The first kappa shape index (κ1) is 15.7. The highest BCUT2D eigenvalue weighted by Crippen LogP contribution is 2.32. The molecule has 2 rings (SSSR count). The van der Waals surface area contributed by atoms with Gasteiger partial charge in [0.25, 0.3) is 0 Å². The molecule has 0 bridgehead atoms. The van der Waals surface area contributed by atoms with Crippen molar-refractivity contribution in [3.05, 3.63) is 28.3 Å². The summed E-state index contributed by atoms with van der Waals surface area (Å²) in [5.41, 5.74) is 4.88. The van der Waals surface area contributed by atoms with E-state index in [1.807, 2.05) is 11.9 Å². The van der Waals surface area contributed by atoms with Crippen molar-refractivity contribution < 1.29 is 13.3 Å². The highest BCUT2D eigenvalue weighted by molar-refractivity contribution is 7.89. The molecule has 0 spiro atoms. The predicted molar refractivity (Wildman–Crippen MR) is 78.4 cm³/mol. The largest absolute Gasteiger partial charge is 0.393 e. The lowest BCUT2D eigenvalue weighted by atomic mass is 10.3. The van der Waals surface area contributed by atoms with Crippen LogP contribution >= 0.6 is 0 Å². The van der Waals surface area contributed by atoms with Crippen LogP contribution in [0, 0.1) is 10.1 Å². The Kier molecular flexibility index (Phi) is 4.45. The van der Waals surface area contributed by atoms with Crippen molar-refractivity contribution in [3.8, 4) is 0 Å². The first-order valence-corrected chi connectivity index (χ1v) is 7.99. The van der Waals surface area contributed by atoms with E-state index in [0.29, 0.717) is 26.1 Å². The predicted octanol–water partition coefficient (Wildman–Crippen LogP) is 0.503. The van der Waals surface area contributed by atoms with Crippen LogP contribution in [-0.2, 0) is 10.0 Å². The number of sulfonamides is 1. The number of nitrogens with two attached hydrogens (primary N) is 1. The summed E-state index contributed by atoms with van der Waals surface area (Å²) in [5.74, 6) is 0. The van der Waals surface area contributed by atoms with Crippen LogP contribution in [0.2, 0.25) is 0 Å². The fourth-order valence-corrected chi connectivity index (χ4v) is 4.00. The number of para-hydroxylation sites is 1. The standard InChI is InChI=1S/C12H18N4O4S/c1-14-6-3-7-15(9-8-14)21(19,20)11-5-2-4-10(13)12(11)16(17)18/h2,4-5H,3,6-9,13H2,1H3. The Morgan fingerprint density at radius 2 is 1.95 bits per heavy atom. The fraction of sp³-hybridized carbons (Fsp3) is 0.500. The van der Waals surface area contributed by atoms with Crippen molar-refractivity contribution in [3.63, 3.8) is 0 Å². The zero-order valence-corrected chi connectivity index (χ0v) is 12.5. The molecular formula is C12H18N4O4S. The second-order valence-corrected chi connectivity index (χ2v) is 6.92. The number of nitro groups is 1. The van der Waals surface area contributed by atoms with Gasteiger partial charge in [0.15, 0.2) is 4.90 Å². The molecule has 1 aliphatic heterocycles. The maximum Gasteiger partial charge on any atom is 0.312 e. The zero-order chi connectivity index (χ0) is 15.6. The molecule has 0 radical (unpaired) electrons. The van der Waals surface area contributed by atoms with Gasteiger partial charge < -0.3 is 10.6 Å². The molecule has 0 aromatic heterocycles. The molecule has 8 nitrogen and oxygen atoms in total. The van der Waals surface area contributed by atoms with E-state index in [0.717, 1.165) is 6.54 Å². The highest BCUT2D eigenvalue weighted by Gasteiger charge is 2.33. The molecule has 1 heterocycles. The monoisotopic (exact) mass is 314 g/mol. The number of rotatable bonds is 3. The van der Waals surface area contributed by atoms with Crippen LogP contribution in [0.3, 0.4) is 0 Å². The lowest BCUT2D eigenvalue weighted by Gasteiger charge is -2.20. The number of nitrogens with zero attached hydrogens (tertiary/aromatic N) is 3. The first-order valence-electron chi connectivity index (χ1n) is 6.55. The van der Waals surface area contributed by atoms with Gasteiger partial charge in [0, 0.05) is 19.6 Å². The molecule has 1 aromatic carbocycles. The van der Waals surface area contributed by atoms with Crippen LogP contribution in [0.5, 0.6) is 0 Å². The molecule has 1 saturated heterocycles. The van der Waals surface area contributed by atoms with E-state index < -0.39 is 20.6 Å². The van der Waals surface area contributed by atoms with Crippen molar-refractivity contribution in [2.75, 3.05) is 39.0 Å². The molecule has 0 amide bonds. The second kappa shape index (κ2) is 5.96. The molecule has 1 aliphatic rings. The summed E-state index contributed by atoms with van der Waals surface area (Å²) < 4.78 is 26.6. The van der Waals surface area contributed by atoms with Crippen LogP contribution in [0.1, 0.15) is 6.42 Å². The summed E-state index contributed by atoms with van der Waals surface area (Å²) in [7, 11) is -2.01. The smallest absolute Gasteiger partial charge is 0.312 e. The van der Waals surface area contributed by atoms with Crippen LogP contribution in [-0.4, -0.2) is 55.8 Å². The number of nitro benzene ring substituents is 1. The van der Waals surface area contributed by atoms with Crippen molar-refractivity contribution in [1.82, 2.24) is 9.21 Å². The van der Waals surface area contributed by atoms with Gasteiger partial charge in [-0.2, -0.15) is 4.31 Å². The molecular weight excluding hydrogens is 296 g/mol. The average Bonchev–Trinajstić information content (AvgIpc) is 2.63. The molecule has 1 aromatic rings. The van der Waals surface area contributed by atoms with E-state index in [4.69, 9.17) is 5.73 Å². The second-order valence-electron chi connectivity index (χ2n) is 5.01. The normalized spacial score (nSPS) is 18.3. The Bertz CT molecular complexity index is 647. The topological polar surface area (TPSA) is 110 Å². The van der Waals surface area contributed by atoms with E-state index in [1.54, 1.807) is 0 Å². The van der Waals surface area contributed by atoms with Gasteiger partial charge in [-0.15, -0.1) is 0 Å². The fourth-order valence-electron chi connectivity index (χ4n) is 2.35. The molecule has 0 saturated carbocycles. The summed E-state index contributed by atoms with van der Waals surface area (Å²) in [5, 5.41) is 11.1. The van der Waals surface area contributed by atoms with E-state index in [2.05, 4.69) is 0 Å². The van der Waals surface area contributed by atoms with Crippen LogP contribution < -0.4 is 5.73 Å².